The van der Waals surface area contributed by atoms with Gasteiger partial charge in [0.05, 0.1) is 22.2 Å². The van der Waals surface area contributed by atoms with E-state index in [0.717, 1.165) is 26.9 Å². The minimum atomic E-state index is -0.601. The molecule has 0 unspecified atom stereocenters. The highest BCUT2D eigenvalue weighted by Crippen LogP contribution is 2.34. The van der Waals surface area contributed by atoms with Crippen molar-refractivity contribution in [1.82, 2.24) is 4.57 Å². The second kappa shape index (κ2) is 11.2. The summed E-state index contributed by atoms with van der Waals surface area (Å²) in [6, 6.07) is 15.2. The van der Waals surface area contributed by atoms with Gasteiger partial charge >= 0.3 is 5.97 Å². The molecule has 2 aromatic carbocycles. The molecule has 0 atom stereocenters. The van der Waals surface area contributed by atoms with Crippen molar-refractivity contribution in [3.8, 4) is 6.07 Å². The standard InChI is InChI=1S/C28H23Cl2N3O3S/c1-4-36-28(35)25-16(2)17(3)37-27(25)32-26(34)19(13-31)12-20-15-33(24-8-6-5-7-21(20)24)14-18-9-10-22(29)23(30)11-18/h5-12,15H,4,14H2,1-3H3,(H,32,34). The van der Waals surface area contributed by atoms with Crippen molar-refractivity contribution < 1.29 is 14.3 Å². The monoisotopic (exact) mass is 551 g/mol. The van der Waals surface area contributed by atoms with Crippen LogP contribution in [0.1, 0.15) is 38.8 Å². The molecule has 0 bridgehead atoms. The summed E-state index contributed by atoms with van der Waals surface area (Å²) in [6.45, 7) is 6.13. The number of carbonyl (C=O) groups is 2. The van der Waals surface area contributed by atoms with Crippen LogP contribution in [0.15, 0.2) is 54.2 Å². The summed E-state index contributed by atoms with van der Waals surface area (Å²) in [5.41, 5.74) is 3.58. The third-order valence-electron chi connectivity index (χ3n) is 5.91. The molecule has 2 aromatic heterocycles. The van der Waals surface area contributed by atoms with Gasteiger partial charge in [-0.15, -0.1) is 11.3 Å². The number of aryl methyl sites for hydroxylation is 1. The third-order valence-corrected chi connectivity index (χ3v) is 7.77. The Morgan fingerprint density at radius 1 is 1.16 bits per heavy atom. The van der Waals surface area contributed by atoms with Gasteiger partial charge in [0.2, 0.25) is 0 Å². The molecule has 0 fully saturated rings. The van der Waals surface area contributed by atoms with Gasteiger partial charge in [-0.2, -0.15) is 5.26 Å². The molecule has 4 rings (SSSR count). The Kier molecular flexibility index (Phi) is 8.03. The van der Waals surface area contributed by atoms with E-state index in [1.807, 2.05) is 60.2 Å². The second-order valence-electron chi connectivity index (χ2n) is 8.31. The van der Waals surface area contributed by atoms with E-state index in [-0.39, 0.29) is 12.2 Å². The minimum absolute atomic E-state index is 0.0871. The first-order valence-electron chi connectivity index (χ1n) is 11.5. The normalized spacial score (nSPS) is 11.4. The summed E-state index contributed by atoms with van der Waals surface area (Å²) < 4.78 is 7.19. The molecule has 9 heteroatoms. The molecular weight excluding hydrogens is 529 g/mol. The van der Waals surface area contributed by atoms with E-state index in [4.69, 9.17) is 27.9 Å². The van der Waals surface area contributed by atoms with Gasteiger partial charge in [0.1, 0.15) is 16.6 Å². The lowest BCUT2D eigenvalue weighted by molar-refractivity contribution is -0.112. The fourth-order valence-electron chi connectivity index (χ4n) is 3.99. The van der Waals surface area contributed by atoms with E-state index >= 15 is 0 Å². The number of nitriles is 1. The molecule has 0 saturated carbocycles. The smallest absolute Gasteiger partial charge is 0.341 e. The highest BCUT2D eigenvalue weighted by molar-refractivity contribution is 7.16. The Morgan fingerprint density at radius 2 is 1.92 bits per heavy atom. The number of halogens is 2. The lowest BCUT2D eigenvalue weighted by atomic mass is 10.1. The number of ether oxygens (including phenoxy) is 1. The summed E-state index contributed by atoms with van der Waals surface area (Å²) in [5, 5.41) is 14.8. The number of thiophene rings is 1. The van der Waals surface area contributed by atoms with Gasteiger partial charge in [-0.05, 0) is 56.2 Å². The number of esters is 1. The first-order valence-corrected chi connectivity index (χ1v) is 13.0. The van der Waals surface area contributed by atoms with Gasteiger partial charge in [0, 0.05) is 34.1 Å². The van der Waals surface area contributed by atoms with E-state index in [1.165, 1.54) is 11.3 Å². The van der Waals surface area contributed by atoms with Crippen LogP contribution in [0.5, 0.6) is 0 Å². The predicted octanol–water partition coefficient (Wildman–Crippen LogP) is 7.40. The maximum Gasteiger partial charge on any atom is 0.341 e. The van der Waals surface area contributed by atoms with Crippen LogP contribution in [0.4, 0.5) is 5.00 Å². The van der Waals surface area contributed by atoms with E-state index < -0.39 is 11.9 Å². The largest absolute Gasteiger partial charge is 0.462 e. The first kappa shape index (κ1) is 26.5. The van der Waals surface area contributed by atoms with E-state index in [0.29, 0.717) is 32.7 Å². The van der Waals surface area contributed by atoms with Crippen molar-refractivity contribution >= 4 is 68.4 Å². The molecule has 1 amide bonds. The number of fused-ring (bicyclic) bond motifs is 1. The summed E-state index contributed by atoms with van der Waals surface area (Å²) in [7, 11) is 0. The quantitative estimate of drug-likeness (QED) is 0.147. The molecule has 0 aliphatic carbocycles. The van der Waals surface area contributed by atoms with Crippen LogP contribution in [0, 0.1) is 25.2 Å². The molecular formula is C28H23Cl2N3O3S. The van der Waals surface area contributed by atoms with Crippen LogP contribution >= 0.6 is 34.5 Å². The van der Waals surface area contributed by atoms with Crippen LogP contribution < -0.4 is 5.32 Å². The molecule has 0 radical (unpaired) electrons. The zero-order chi connectivity index (χ0) is 26.7. The Hall–Kier alpha value is -3.57. The lowest BCUT2D eigenvalue weighted by Gasteiger charge is -2.07. The Bertz CT molecular complexity index is 1590. The molecule has 4 aromatic rings. The van der Waals surface area contributed by atoms with Crippen LogP contribution in [0.3, 0.4) is 0 Å². The number of nitrogens with zero attached hydrogens (tertiary/aromatic N) is 2. The van der Waals surface area contributed by atoms with E-state index in [9.17, 15) is 14.9 Å². The number of hydrogen-bond acceptors (Lipinski definition) is 5. The summed E-state index contributed by atoms with van der Waals surface area (Å²) in [6.07, 6.45) is 3.45. The number of hydrogen-bond donors (Lipinski definition) is 1. The molecule has 0 aliphatic rings. The van der Waals surface area contributed by atoms with Crippen LogP contribution in [0.2, 0.25) is 10.0 Å². The van der Waals surface area contributed by atoms with Crippen molar-refractivity contribution in [2.24, 2.45) is 0 Å². The number of rotatable bonds is 7. The maximum atomic E-state index is 13.1. The zero-order valence-corrected chi connectivity index (χ0v) is 22.7. The van der Waals surface area contributed by atoms with Gasteiger partial charge in [-0.25, -0.2) is 4.79 Å². The zero-order valence-electron chi connectivity index (χ0n) is 20.4. The second-order valence-corrected chi connectivity index (χ2v) is 10.3. The summed E-state index contributed by atoms with van der Waals surface area (Å²) in [4.78, 5) is 26.5. The summed E-state index contributed by atoms with van der Waals surface area (Å²) in [5.74, 6) is -1.11. The predicted molar refractivity (Wildman–Crippen MR) is 149 cm³/mol. The first-order chi connectivity index (χ1) is 17.7. The van der Waals surface area contributed by atoms with Crippen molar-refractivity contribution in [3.05, 3.63) is 91.4 Å². The van der Waals surface area contributed by atoms with E-state index in [2.05, 4.69) is 5.32 Å². The molecule has 1 N–H and O–H groups in total. The molecule has 37 heavy (non-hydrogen) atoms. The summed E-state index contributed by atoms with van der Waals surface area (Å²) >= 11 is 13.5. The number of carbonyl (C=O) groups excluding carboxylic acids is 2. The number of amides is 1. The highest BCUT2D eigenvalue weighted by Gasteiger charge is 2.23. The Labute approximate surface area is 228 Å². The highest BCUT2D eigenvalue weighted by atomic mass is 35.5. The number of nitrogens with one attached hydrogen (secondary N) is 1. The SMILES string of the molecule is CCOC(=O)c1c(NC(=O)C(C#N)=Cc2cn(Cc3ccc(Cl)c(Cl)c3)c3ccccc23)sc(C)c1C. The van der Waals surface area contributed by atoms with Gasteiger partial charge in [-0.1, -0.05) is 47.5 Å². The van der Waals surface area contributed by atoms with E-state index in [1.54, 1.807) is 26.0 Å². The average Bonchev–Trinajstić information content (AvgIpc) is 3.35. The van der Waals surface area contributed by atoms with Gasteiger partial charge in [0.15, 0.2) is 0 Å². The van der Waals surface area contributed by atoms with Gasteiger partial charge < -0.3 is 14.6 Å². The molecule has 0 spiro atoms. The van der Waals surface area contributed by atoms with Crippen LogP contribution in [-0.4, -0.2) is 23.1 Å². The molecule has 2 heterocycles. The lowest BCUT2D eigenvalue weighted by Crippen LogP contribution is -2.16. The number of aromatic nitrogens is 1. The van der Waals surface area contributed by atoms with Crippen LogP contribution in [0.25, 0.3) is 17.0 Å². The van der Waals surface area contributed by atoms with Crippen molar-refractivity contribution in [2.75, 3.05) is 11.9 Å². The number of para-hydroxylation sites is 1. The number of benzene rings is 2. The fourth-order valence-corrected chi connectivity index (χ4v) is 5.36. The van der Waals surface area contributed by atoms with Crippen molar-refractivity contribution in [1.29, 1.82) is 5.26 Å². The molecule has 6 nitrogen and oxygen atoms in total. The van der Waals surface area contributed by atoms with Crippen molar-refractivity contribution in [3.63, 3.8) is 0 Å². The van der Waals surface area contributed by atoms with Gasteiger partial charge in [0.25, 0.3) is 5.91 Å². The molecule has 188 valence electrons. The maximum absolute atomic E-state index is 13.1. The van der Waals surface area contributed by atoms with Gasteiger partial charge in [-0.3, -0.25) is 4.79 Å². The number of anilines is 1. The molecule has 0 aliphatic heterocycles. The Balaban J connectivity index is 1.68. The Morgan fingerprint density at radius 3 is 2.62 bits per heavy atom. The van der Waals surface area contributed by atoms with Crippen molar-refractivity contribution in [2.45, 2.75) is 27.3 Å². The fraction of sp³-hybridized carbons (Fsp3) is 0.179. The minimum Gasteiger partial charge on any atom is -0.462 e. The topological polar surface area (TPSA) is 84.1 Å². The van der Waals surface area contributed by atoms with Crippen LogP contribution in [-0.2, 0) is 16.1 Å². The molecule has 0 saturated heterocycles. The third kappa shape index (κ3) is 5.57. The average molecular weight is 552 g/mol.